The molecule has 0 saturated heterocycles. The summed E-state index contributed by atoms with van der Waals surface area (Å²) in [7, 11) is 3.28. The molecule has 0 saturated carbocycles. The zero-order valence-electron chi connectivity index (χ0n) is 12.2. The van der Waals surface area contributed by atoms with Crippen molar-refractivity contribution in [3.05, 3.63) is 23.3 Å². The molecule has 1 aliphatic rings. The number of hydrogen-bond donors (Lipinski definition) is 1. The minimum atomic E-state index is -0.209. The molecule has 0 fully saturated rings. The molecule has 0 amide bonds. The first kappa shape index (κ1) is 14.7. The van der Waals surface area contributed by atoms with Crippen LogP contribution < -0.4 is 14.8 Å². The van der Waals surface area contributed by atoms with Crippen LogP contribution in [0.2, 0.25) is 0 Å². The third-order valence-electron chi connectivity index (χ3n) is 3.52. The van der Waals surface area contributed by atoms with Crippen LogP contribution in [0, 0.1) is 0 Å². The van der Waals surface area contributed by atoms with E-state index >= 15 is 0 Å². The molecular formula is C15H21NO4. The summed E-state index contributed by atoms with van der Waals surface area (Å²) in [5.74, 6) is 1.73. The van der Waals surface area contributed by atoms with E-state index < -0.39 is 0 Å². The third-order valence-corrected chi connectivity index (χ3v) is 3.52. The number of carbonyl (C=O) groups excluding carboxylic acids is 1. The van der Waals surface area contributed by atoms with Crippen molar-refractivity contribution in [1.29, 1.82) is 0 Å². The number of carbonyl (C=O) groups is 1. The summed E-state index contributed by atoms with van der Waals surface area (Å²) in [4.78, 5) is 11.2. The summed E-state index contributed by atoms with van der Waals surface area (Å²) < 4.78 is 15.5. The van der Waals surface area contributed by atoms with E-state index in [1.165, 1.54) is 11.1 Å². The second-order valence-electron chi connectivity index (χ2n) is 4.74. The second-order valence-corrected chi connectivity index (χ2v) is 4.74. The fourth-order valence-electron chi connectivity index (χ4n) is 2.48. The monoisotopic (exact) mass is 279 g/mol. The second kappa shape index (κ2) is 6.61. The predicted octanol–water partition coefficient (Wildman–Crippen LogP) is 1.50. The Morgan fingerprint density at radius 1 is 1.30 bits per heavy atom. The highest BCUT2D eigenvalue weighted by Gasteiger charge is 2.28. The van der Waals surface area contributed by atoms with Crippen LogP contribution in [0.25, 0.3) is 0 Å². The summed E-state index contributed by atoms with van der Waals surface area (Å²) in [6, 6.07) is 4.05. The zero-order valence-corrected chi connectivity index (χ0v) is 12.2. The van der Waals surface area contributed by atoms with Crippen molar-refractivity contribution in [1.82, 2.24) is 5.32 Å². The lowest BCUT2D eigenvalue weighted by Gasteiger charge is -2.31. The minimum Gasteiger partial charge on any atom is -0.493 e. The molecule has 1 aliphatic carbocycles. The average molecular weight is 279 g/mol. The number of esters is 1. The van der Waals surface area contributed by atoms with Crippen molar-refractivity contribution in [3.63, 3.8) is 0 Å². The van der Waals surface area contributed by atoms with Crippen LogP contribution in [0.3, 0.4) is 0 Å². The van der Waals surface area contributed by atoms with Crippen LogP contribution in [0.5, 0.6) is 11.5 Å². The molecule has 5 nitrogen and oxygen atoms in total. The van der Waals surface area contributed by atoms with Gasteiger partial charge in [-0.2, -0.15) is 0 Å². The Bertz CT molecular complexity index is 487. The van der Waals surface area contributed by atoms with Crippen molar-refractivity contribution < 1.29 is 19.0 Å². The first-order valence-electron chi connectivity index (χ1n) is 6.80. The Labute approximate surface area is 119 Å². The summed E-state index contributed by atoms with van der Waals surface area (Å²) >= 11 is 0. The number of hydrogen-bond acceptors (Lipinski definition) is 5. The lowest BCUT2D eigenvalue weighted by atomic mass is 9.77. The number of benzene rings is 1. The van der Waals surface area contributed by atoms with Gasteiger partial charge in [-0.15, -0.1) is 0 Å². The van der Waals surface area contributed by atoms with Gasteiger partial charge in [0.25, 0.3) is 0 Å². The van der Waals surface area contributed by atoms with E-state index in [0.29, 0.717) is 12.5 Å². The van der Waals surface area contributed by atoms with Gasteiger partial charge < -0.3 is 19.5 Å². The van der Waals surface area contributed by atoms with Gasteiger partial charge in [-0.05, 0) is 36.6 Å². The van der Waals surface area contributed by atoms with E-state index in [4.69, 9.17) is 14.2 Å². The maximum atomic E-state index is 11.2. The molecule has 20 heavy (non-hydrogen) atoms. The molecule has 0 radical (unpaired) electrons. The molecule has 1 aromatic carbocycles. The number of methoxy groups -OCH3 is 2. The van der Waals surface area contributed by atoms with Gasteiger partial charge >= 0.3 is 5.97 Å². The molecule has 0 bridgehead atoms. The highest BCUT2D eigenvalue weighted by molar-refractivity contribution is 5.71. The summed E-state index contributed by atoms with van der Waals surface area (Å²) in [6.45, 7) is 3.25. The minimum absolute atomic E-state index is 0.209. The lowest BCUT2D eigenvalue weighted by Crippen LogP contribution is -2.33. The molecule has 0 aromatic heterocycles. The molecule has 5 heteroatoms. The summed E-state index contributed by atoms with van der Waals surface area (Å²) in [5.41, 5.74) is 2.55. The van der Waals surface area contributed by atoms with Crippen molar-refractivity contribution in [2.45, 2.75) is 19.3 Å². The molecule has 0 spiro atoms. The number of rotatable bonds is 7. The van der Waals surface area contributed by atoms with Crippen LogP contribution >= 0.6 is 0 Å². The summed E-state index contributed by atoms with van der Waals surface area (Å²) in [6.07, 6.45) is 0.992. The maximum Gasteiger partial charge on any atom is 0.319 e. The highest BCUT2D eigenvalue weighted by Crippen LogP contribution is 2.41. The summed E-state index contributed by atoms with van der Waals surface area (Å²) in [5, 5.41) is 3.13. The first-order valence-corrected chi connectivity index (χ1v) is 6.80. The topological polar surface area (TPSA) is 56.8 Å². The fourth-order valence-corrected chi connectivity index (χ4v) is 2.48. The smallest absolute Gasteiger partial charge is 0.319 e. The Morgan fingerprint density at radius 2 is 2.00 bits per heavy atom. The molecule has 1 N–H and O–H groups in total. The van der Waals surface area contributed by atoms with Gasteiger partial charge in [-0.3, -0.25) is 4.79 Å². The van der Waals surface area contributed by atoms with Gasteiger partial charge in [0, 0.05) is 12.5 Å². The fraction of sp³-hybridized carbons (Fsp3) is 0.533. The van der Waals surface area contributed by atoms with Crippen LogP contribution in [0.15, 0.2) is 12.1 Å². The molecule has 0 unspecified atom stereocenters. The Hall–Kier alpha value is -1.75. The van der Waals surface area contributed by atoms with Crippen molar-refractivity contribution in [2.24, 2.45) is 0 Å². The van der Waals surface area contributed by atoms with Crippen LogP contribution in [-0.2, 0) is 16.0 Å². The zero-order chi connectivity index (χ0) is 14.5. The molecule has 1 aromatic rings. The van der Waals surface area contributed by atoms with E-state index in [2.05, 4.69) is 5.32 Å². The van der Waals surface area contributed by atoms with Gasteiger partial charge in [0.1, 0.15) is 0 Å². The van der Waals surface area contributed by atoms with Gasteiger partial charge in [-0.1, -0.05) is 0 Å². The molecule has 110 valence electrons. The van der Waals surface area contributed by atoms with Gasteiger partial charge in [0.05, 0.1) is 27.4 Å². The molecule has 0 aliphatic heterocycles. The van der Waals surface area contributed by atoms with Crippen LogP contribution in [0.1, 0.15) is 24.0 Å². The normalized spacial score (nSPS) is 16.1. The highest BCUT2D eigenvalue weighted by atomic mass is 16.5. The van der Waals surface area contributed by atoms with Gasteiger partial charge in [0.15, 0.2) is 11.5 Å². The third kappa shape index (κ3) is 3.04. The van der Waals surface area contributed by atoms with E-state index in [0.717, 1.165) is 24.5 Å². The van der Waals surface area contributed by atoms with E-state index in [1.54, 1.807) is 21.1 Å². The van der Waals surface area contributed by atoms with Crippen molar-refractivity contribution in [3.8, 4) is 11.5 Å². The number of nitrogens with one attached hydrogen (secondary N) is 1. The maximum absolute atomic E-state index is 11.2. The standard InChI is InChI=1S/C15H21NO4/c1-4-20-15(17)9-16-8-11-5-10-6-13(18-2)14(19-3)7-12(10)11/h6-7,11,16H,4-5,8-9H2,1-3H3/t11-/m1/s1. The van der Waals surface area contributed by atoms with E-state index in [9.17, 15) is 4.79 Å². The molecule has 2 rings (SSSR count). The number of ether oxygens (including phenoxy) is 3. The van der Waals surface area contributed by atoms with E-state index in [-0.39, 0.29) is 12.5 Å². The van der Waals surface area contributed by atoms with Gasteiger partial charge in [-0.25, -0.2) is 0 Å². The average Bonchev–Trinajstić information content (AvgIpc) is 2.43. The Balaban J connectivity index is 1.90. The molecule has 0 heterocycles. The molecular weight excluding hydrogens is 258 g/mol. The van der Waals surface area contributed by atoms with Gasteiger partial charge in [0.2, 0.25) is 0 Å². The largest absolute Gasteiger partial charge is 0.493 e. The SMILES string of the molecule is CCOC(=O)CNC[C@H]1Cc2cc(OC)c(OC)cc21. The Morgan fingerprint density at radius 3 is 2.65 bits per heavy atom. The predicted molar refractivity (Wildman–Crippen MR) is 75.5 cm³/mol. The van der Waals surface area contributed by atoms with Crippen molar-refractivity contribution in [2.75, 3.05) is 33.9 Å². The quantitative estimate of drug-likeness (QED) is 0.766. The lowest BCUT2D eigenvalue weighted by molar-refractivity contribution is -0.142. The Kier molecular flexibility index (Phi) is 4.84. The number of fused-ring (bicyclic) bond motifs is 1. The first-order chi connectivity index (χ1) is 9.69. The van der Waals surface area contributed by atoms with Crippen molar-refractivity contribution >= 4 is 5.97 Å². The molecule has 1 atom stereocenters. The van der Waals surface area contributed by atoms with Crippen LogP contribution in [-0.4, -0.2) is 39.9 Å². The van der Waals surface area contributed by atoms with Crippen LogP contribution in [0.4, 0.5) is 0 Å². The van der Waals surface area contributed by atoms with E-state index in [1.807, 2.05) is 12.1 Å².